The number of nitrogens with zero attached hydrogens (tertiary/aromatic N) is 1. The standard InChI is InChI=1S/C15H14N2O4/c1-10-7-12(15(18)19)5-6-14(10)16-9-11-3-2-4-13(8-11)17(20)21/h2-8,16H,9H2,1H3,(H,18,19). The van der Waals surface area contributed by atoms with E-state index in [4.69, 9.17) is 5.11 Å². The third kappa shape index (κ3) is 3.56. The van der Waals surface area contributed by atoms with Crippen molar-refractivity contribution in [1.29, 1.82) is 0 Å². The van der Waals surface area contributed by atoms with Crippen LogP contribution in [0.3, 0.4) is 0 Å². The van der Waals surface area contributed by atoms with E-state index in [-0.39, 0.29) is 11.3 Å². The van der Waals surface area contributed by atoms with Gasteiger partial charge in [-0.05, 0) is 36.2 Å². The van der Waals surface area contributed by atoms with Crippen molar-refractivity contribution < 1.29 is 14.8 Å². The topological polar surface area (TPSA) is 92.5 Å². The third-order valence-electron chi connectivity index (χ3n) is 3.08. The summed E-state index contributed by atoms with van der Waals surface area (Å²) in [6.07, 6.45) is 0. The van der Waals surface area contributed by atoms with Gasteiger partial charge in [-0.25, -0.2) is 4.79 Å². The molecule has 0 atom stereocenters. The number of benzene rings is 2. The molecule has 0 aliphatic carbocycles. The Morgan fingerprint density at radius 3 is 2.67 bits per heavy atom. The van der Waals surface area contributed by atoms with Gasteiger partial charge in [0, 0.05) is 24.4 Å². The summed E-state index contributed by atoms with van der Waals surface area (Å²) < 4.78 is 0. The second-order valence-electron chi connectivity index (χ2n) is 4.62. The van der Waals surface area contributed by atoms with Gasteiger partial charge in [0.1, 0.15) is 0 Å². The summed E-state index contributed by atoms with van der Waals surface area (Å²) in [4.78, 5) is 21.1. The van der Waals surface area contributed by atoms with Crippen LogP contribution in [0.4, 0.5) is 11.4 Å². The summed E-state index contributed by atoms with van der Waals surface area (Å²) in [5.41, 5.74) is 2.67. The first kappa shape index (κ1) is 14.5. The van der Waals surface area contributed by atoms with E-state index in [1.165, 1.54) is 18.2 Å². The fraction of sp³-hybridized carbons (Fsp3) is 0.133. The highest BCUT2D eigenvalue weighted by molar-refractivity contribution is 5.88. The number of hydrogen-bond donors (Lipinski definition) is 2. The molecule has 21 heavy (non-hydrogen) atoms. The molecule has 0 aromatic heterocycles. The molecular formula is C15H14N2O4. The van der Waals surface area contributed by atoms with Crippen LogP contribution in [0.25, 0.3) is 0 Å². The Morgan fingerprint density at radius 1 is 1.29 bits per heavy atom. The maximum absolute atomic E-state index is 10.9. The zero-order valence-electron chi connectivity index (χ0n) is 11.4. The highest BCUT2D eigenvalue weighted by Gasteiger charge is 2.07. The minimum absolute atomic E-state index is 0.0484. The van der Waals surface area contributed by atoms with Crippen molar-refractivity contribution in [1.82, 2.24) is 0 Å². The summed E-state index contributed by atoms with van der Waals surface area (Å²) >= 11 is 0. The number of carboxylic acids is 1. The molecule has 6 heteroatoms. The fourth-order valence-corrected chi connectivity index (χ4v) is 1.97. The molecule has 0 radical (unpaired) electrons. The SMILES string of the molecule is Cc1cc(C(=O)O)ccc1NCc1cccc([N+](=O)[O-])c1. The van der Waals surface area contributed by atoms with Gasteiger partial charge in [-0.3, -0.25) is 10.1 Å². The van der Waals surface area contributed by atoms with Crippen molar-refractivity contribution in [3.8, 4) is 0 Å². The number of nitro groups is 1. The lowest BCUT2D eigenvalue weighted by atomic mass is 10.1. The molecule has 2 aromatic carbocycles. The molecule has 0 aliphatic rings. The lowest BCUT2D eigenvalue weighted by Crippen LogP contribution is -2.03. The van der Waals surface area contributed by atoms with Gasteiger partial charge in [-0.15, -0.1) is 0 Å². The number of rotatable bonds is 5. The molecule has 0 amide bonds. The molecule has 0 saturated heterocycles. The van der Waals surface area contributed by atoms with Crippen molar-refractivity contribution in [2.24, 2.45) is 0 Å². The van der Waals surface area contributed by atoms with Crippen molar-refractivity contribution in [2.45, 2.75) is 13.5 Å². The highest BCUT2D eigenvalue weighted by Crippen LogP contribution is 2.19. The van der Waals surface area contributed by atoms with Crippen molar-refractivity contribution in [3.63, 3.8) is 0 Å². The van der Waals surface area contributed by atoms with Crippen LogP contribution >= 0.6 is 0 Å². The van der Waals surface area contributed by atoms with Gasteiger partial charge in [-0.2, -0.15) is 0 Å². The molecule has 2 aromatic rings. The Bertz CT molecular complexity index is 698. The summed E-state index contributed by atoms with van der Waals surface area (Å²) in [6.45, 7) is 2.23. The molecule has 0 saturated carbocycles. The molecule has 108 valence electrons. The normalized spacial score (nSPS) is 10.1. The number of carbonyl (C=O) groups is 1. The average molecular weight is 286 g/mol. The van der Waals surface area contributed by atoms with E-state index in [9.17, 15) is 14.9 Å². The fourth-order valence-electron chi connectivity index (χ4n) is 1.97. The van der Waals surface area contributed by atoms with Gasteiger partial charge in [0.05, 0.1) is 10.5 Å². The minimum Gasteiger partial charge on any atom is -0.478 e. The van der Waals surface area contributed by atoms with Crippen LogP contribution in [-0.2, 0) is 6.54 Å². The van der Waals surface area contributed by atoms with E-state index in [2.05, 4.69) is 5.32 Å². The van der Waals surface area contributed by atoms with Crippen LogP contribution in [0, 0.1) is 17.0 Å². The van der Waals surface area contributed by atoms with Crippen LogP contribution < -0.4 is 5.32 Å². The third-order valence-corrected chi connectivity index (χ3v) is 3.08. The molecule has 6 nitrogen and oxygen atoms in total. The van der Waals surface area contributed by atoms with E-state index in [1.54, 1.807) is 24.3 Å². The van der Waals surface area contributed by atoms with Gasteiger partial charge < -0.3 is 10.4 Å². The van der Waals surface area contributed by atoms with Crippen molar-refractivity contribution >= 4 is 17.3 Å². The Morgan fingerprint density at radius 2 is 2.05 bits per heavy atom. The van der Waals surface area contributed by atoms with Crippen LogP contribution in [0.15, 0.2) is 42.5 Å². The molecule has 0 aliphatic heterocycles. The Labute approximate surface area is 121 Å². The summed E-state index contributed by atoms with van der Waals surface area (Å²) in [6, 6.07) is 11.2. The van der Waals surface area contributed by atoms with Crippen molar-refractivity contribution in [3.05, 3.63) is 69.3 Å². The molecular weight excluding hydrogens is 272 g/mol. The van der Waals surface area contributed by atoms with Crippen LogP contribution in [-0.4, -0.2) is 16.0 Å². The number of carboxylic acid groups (broad SMARTS) is 1. The quantitative estimate of drug-likeness (QED) is 0.650. The number of nitrogens with one attached hydrogen (secondary N) is 1. The molecule has 0 unspecified atom stereocenters. The number of non-ortho nitro benzene ring substituents is 1. The Hall–Kier alpha value is -2.89. The first-order valence-electron chi connectivity index (χ1n) is 6.28. The minimum atomic E-state index is -0.969. The molecule has 2 N–H and O–H groups in total. The molecule has 0 fully saturated rings. The monoisotopic (exact) mass is 286 g/mol. The first-order valence-corrected chi connectivity index (χ1v) is 6.28. The number of nitro benzene ring substituents is 1. The van der Waals surface area contributed by atoms with Crippen molar-refractivity contribution in [2.75, 3.05) is 5.32 Å². The predicted molar refractivity (Wildman–Crippen MR) is 78.6 cm³/mol. The van der Waals surface area contributed by atoms with E-state index in [1.807, 2.05) is 6.92 Å². The lowest BCUT2D eigenvalue weighted by Gasteiger charge is -2.10. The molecule has 2 rings (SSSR count). The summed E-state index contributed by atoms with van der Waals surface area (Å²) in [5.74, 6) is -0.969. The zero-order valence-corrected chi connectivity index (χ0v) is 11.4. The zero-order chi connectivity index (χ0) is 15.4. The average Bonchev–Trinajstić information content (AvgIpc) is 2.46. The Balaban J connectivity index is 2.11. The maximum atomic E-state index is 10.9. The second-order valence-corrected chi connectivity index (χ2v) is 4.62. The number of aryl methyl sites for hydroxylation is 1. The van der Waals surface area contributed by atoms with E-state index >= 15 is 0 Å². The summed E-state index contributed by atoms with van der Waals surface area (Å²) in [5, 5.41) is 22.8. The van der Waals surface area contributed by atoms with Crippen LogP contribution in [0.2, 0.25) is 0 Å². The lowest BCUT2D eigenvalue weighted by molar-refractivity contribution is -0.384. The maximum Gasteiger partial charge on any atom is 0.335 e. The van der Waals surface area contributed by atoms with E-state index in [0.717, 1.165) is 16.8 Å². The molecule has 0 heterocycles. The molecule has 0 bridgehead atoms. The summed E-state index contributed by atoms with van der Waals surface area (Å²) in [7, 11) is 0. The first-order chi connectivity index (χ1) is 9.97. The van der Waals surface area contributed by atoms with Gasteiger partial charge >= 0.3 is 5.97 Å². The number of anilines is 1. The largest absolute Gasteiger partial charge is 0.478 e. The predicted octanol–water partition coefficient (Wildman–Crippen LogP) is 3.21. The van der Waals surface area contributed by atoms with Gasteiger partial charge in [0.15, 0.2) is 0 Å². The van der Waals surface area contributed by atoms with Gasteiger partial charge in [-0.1, -0.05) is 12.1 Å². The highest BCUT2D eigenvalue weighted by atomic mass is 16.6. The molecule has 0 spiro atoms. The van der Waals surface area contributed by atoms with Gasteiger partial charge in [0.25, 0.3) is 5.69 Å². The smallest absolute Gasteiger partial charge is 0.335 e. The van der Waals surface area contributed by atoms with Crippen LogP contribution in [0.5, 0.6) is 0 Å². The van der Waals surface area contributed by atoms with Gasteiger partial charge in [0.2, 0.25) is 0 Å². The Kier molecular flexibility index (Phi) is 4.18. The number of hydrogen-bond acceptors (Lipinski definition) is 4. The van der Waals surface area contributed by atoms with Crippen LogP contribution in [0.1, 0.15) is 21.5 Å². The number of aromatic carboxylic acids is 1. The van der Waals surface area contributed by atoms with E-state index in [0.29, 0.717) is 6.54 Å². The second kappa shape index (κ2) is 6.04. The van der Waals surface area contributed by atoms with E-state index < -0.39 is 10.9 Å².